The molecule has 152 valence electrons. The predicted molar refractivity (Wildman–Crippen MR) is 104 cm³/mol. The summed E-state index contributed by atoms with van der Waals surface area (Å²) in [5.41, 5.74) is 0.393. The molecular formula is C19H20N4O5S. The minimum Gasteiger partial charge on any atom is -0.496 e. The maximum absolute atomic E-state index is 12.4. The fourth-order valence-corrected chi connectivity index (χ4v) is 3.24. The quantitative estimate of drug-likeness (QED) is 0.710. The largest absolute Gasteiger partial charge is 0.496 e. The van der Waals surface area contributed by atoms with Crippen molar-refractivity contribution in [3.8, 4) is 17.9 Å². The Balaban J connectivity index is 2.33. The molecule has 10 heteroatoms. The van der Waals surface area contributed by atoms with Crippen LogP contribution in [0, 0.1) is 22.7 Å². The Morgan fingerprint density at radius 3 is 2.62 bits per heavy atom. The molecule has 0 saturated carbocycles. The summed E-state index contributed by atoms with van der Waals surface area (Å²) in [5, 5.41) is 20.5. The van der Waals surface area contributed by atoms with Gasteiger partial charge in [-0.05, 0) is 38.5 Å². The van der Waals surface area contributed by atoms with E-state index in [4.69, 9.17) is 24.7 Å². The van der Waals surface area contributed by atoms with Crippen molar-refractivity contribution in [1.82, 2.24) is 10.3 Å². The van der Waals surface area contributed by atoms with Crippen LogP contribution >= 0.6 is 11.3 Å². The minimum atomic E-state index is -1.11. The summed E-state index contributed by atoms with van der Waals surface area (Å²) in [7, 11) is 1.47. The Morgan fingerprint density at radius 1 is 1.31 bits per heavy atom. The van der Waals surface area contributed by atoms with Gasteiger partial charge in [0.2, 0.25) is 0 Å². The number of rotatable bonds is 6. The van der Waals surface area contributed by atoms with Crippen LogP contribution in [0.15, 0.2) is 12.1 Å². The SMILES string of the molecule is COc1cc2sc(C#N)nc2cc1C[C@H](NC(=O)OC(C)(C)C)C(=O)OCC#N. The van der Waals surface area contributed by atoms with E-state index < -0.39 is 30.3 Å². The number of amides is 1. The van der Waals surface area contributed by atoms with Crippen LogP contribution in [-0.2, 0) is 20.7 Å². The standard InChI is InChI=1S/C19H20N4O5S/c1-19(2,3)28-18(25)23-13(17(24)27-6-5-20)8-11-7-12-15(9-14(11)26-4)29-16(10-21)22-12/h7,9,13H,6,8H2,1-4H3,(H,23,25)/t13-/m0/s1. The number of esters is 1. The zero-order chi connectivity index (χ0) is 21.6. The Kier molecular flexibility index (Phi) is 6.97. The summed E-state index contributed by atoms with van der Waals surface area (Å²) in [5.74, 6) is -0.315. The molecule has 0 saturated heterocycles. The third kappa shape index (κ3) is 6.06. The number of carbonyl (C=O) groups is 2. The number of hydrogen-bond donors (Lipinski definition) is 1. The van der Waals surface area contributed by atoms with Crippen molar-refractivity contribution in [2.24, 2.45) is 0 Å². The van der Waals surface area contributed by atoms with Crippen molar-refractivity contribution in [3.63, 3.8) is 0 Å². The highest BCUT2D eigenvalue weighted by atomic mass is 32.1. The molecule has 29 heavy (non-hydrogen) atoms. The molecule has 9 nitrogen and oxygen atoms in total. The summed E-state index contributed by atoms with van der Waals surface area (Å²) >= 11 is 1.22. The molecule has 1 N–H and O–H groups in total. The number of nitrogens with one attached hydrogen (secondary N) is 1. The van der Waals surface area contributed by atoms with Gasteiger partial charge in [0.1, 0.15) is 29.5 Å². The highest BCUT2D eigenvalue weighted by Crippen LogP contribution is 2.30. The Morgan fingerprint density at radius 2 is 2.03 bits per heavy atom. The molecule has 0 fully saturated rings. The van der Waals surface area contributed by atoms with E-state index in [1.54, 1.807) is 39.0 Å². The van der Waals surface area contributed by atoms with Gasteiger partial charge < -0.3 is 19.5 Å². The molecule has 0 unspecified atom stereocenters. The van der Waals surface area contributed by atoms with Gasteiger partial charge >= 0.3 is 12.1 Å². The average Bonchev–Trinajstić information content (AvgIpc) is 3.05. The second kappa shape index (κ2) is 9.22. The minimum absolute atomic E-state index is 0.0159. The molecule has 2 aromatic rings. The lowest BCUT2D eigenvalue weighted by Crippen LogP contribution is -2.45. The number of methoxy groups -OCH3 is 1. The van der Waals surface area contributed by atoms with E-state index >= 15 is 0 Å². The number of benzene rings is 1. The number of thiazole rings is 1. The van der Waals surface area contributed by atoms with Gasteiger partial charge in [-0.1, -0.05) is 0 Å². The van der Waals surface area contributed by atoms with Gasteiger partial charge in [0.05, 0.1) is 17.3 Å². The zero-order valence-electron chi connectivity index (χ0n) is 16.4. The molecule has 1 amide bonds. The first-order chi connectivity index (χ1) is 13.7. The third-order valence-electron chi connectivity index (χ3n) is 3.56. The fraction of sp³-hybridized carbons (Fsp3) is 0.421. The normalized spacial score (nSPS) is 11.8. The fourth-order valence-electron chi connectivity index (χ4n) is 2.46. The highest BCUT2D eigenvalue weighted by Gasteiger charge is 2.27. The van der Waals surface area contributed by atoms with Crippen LogP contribution in [0.2, 0.25) is 0 Å². The van der Waals surface area contributed by atoms with Crippen molar-refractivity contribution >= 4 is 33.6 Å². The average molecular weight is 416 g/mol. The van der Waals surface area contributed by atoms with Crippen LogP contribution in [0.4, 0.5) is 4.79 Å². The number of ether oxygens (including phenoxy) is 3. The first-order valence-corrected chi connectivity index (χ1v) is 9.39. The van der Waals surface area contributed by atoms with Gasteiger partial charge in [-0.15, -0.1) is 11.3 Å². The lowest BCUT2D eigenvalue weighted by atomic mass is 10.0. The molecule has 0 aliphatic rings. The van der Waals surface area contributed by atoms with Gasteiger partial charge in [0.25, 0.3) is 0 Å². The number of fused-ring (bicyclic) bond motifs is 1. The molecule has 1 aromatic carbocycles. The van der Waals surface area contributed by atoms with Crippen molar-refractivity contribution in [2.75, 3.05) is 13.7 Å². The van der Waals surface area contributed by atoms with Crippen LogP contribution in [0.1, 0.15) is 31.3 Å². The number of nitrogens with zero attached hydrogens (tertiary/aromatic N) is 3. The highest BCUT2D eigenvalue weighted by molar-refractivity contribution is 7.19. The lowest BCUT2D eigenvalue weighted by molar-refractivity contribution is -0.144. The van der Waals surface area contributed by atoms with E-state index in [2.05, 4.69) is 10.3 Å². The van der Waals surface area contributed by atoms with E-state index in [9.17, 15) is 9.59 Å². The summed E-state index contributed by atoms with van der Waals surface area (Å²) in [6.07, 6.45) is -0.779. The molecule has 1 aromatic heterocycles. The molecule has 0 aliphatic carbocycles. The van der Waals surface area contributed by atoms with Crippen LogP contribution < -0.4 is 10.1 Å². The number of alkyl carbamates (subject to hydrolysis) is 1. The molecule has 1 heterocycles. The summed E-state index contributed by atoms with van der Waals surface area (Å²) in [6.45, 7) is 4.64. The van der Waals surface area contributed by atoms with Crippen LogP contribution in [0.25, 0.3) is 10.2 Å². The van der Waals surface area contributed by atoms with Crippen LogP contribution in [-0.4, -0.2) is 42.4 Å². The van der Waals surface area contributed by atoms with Gasteiger partial charge in [0, 0.05) is 6.42 Å². The van der Waals surface area contributed by atoms with E-state index in [1.165, 1.54) is 18.4 Å². The van der Waals surface area contributed by atoms with E-state index in [0.717, 1.165) is 4.70 Å². The first-order valence-electron chi connectivity index (χ1n) is 8.57. The van der Waals surface area contributed by atoms with Crippen LogP contribution in [0.5, 0.6) is 5.75 Å². The summed E-state index contributed by atoms with van der Waals surface area (Å²) in [4.78, 5) is 28.8. The smallest absolute Gasteiger partial charge is 0.408 e. The monoisotopic (exact) mass is 416 g/mol. The molecular weight excluding hydrogens is 396 g/mol. The lowest BCUT2D eigenvalue weighted by Gasteiger charge is -2.23. The second-order valence-electron chi connectivity index (χ2n) is 6.93. The van der Waals surface area contributed by atoms with Gasteiger partial charge in [0.15, 0.2) is 11.6 Å². The zero-order valence-corrected chi connectivity index (χ0v) is 17.3. The van der Waals surface area contributed by atoms with Crippen LogP contribution in [0.3, 0.4) is 0 Å². The number of carbonyl (C=O) groups excluding carboxylic acids is 2. The number of hydrogen-bond acceptors (Lipinski definition) is 9. The number of nitriles is 2. The topological polar surface area (TPSA) is 134 Å². The predicted octanol–water partition coefficient (Wildman–Crippen LogP) is 2.68. The summed E-state index contributed by atoms with van der Waals surface area (Å²) in [6, 6.07) is 6.00. The molecule has 0 aliphatic heterocycles. The Bertz CT molecular complexity index is 997. The van der Waals surface area contributed by atoms with Gasteiger partial charge in [-0.25, -0.2) is 14.6 Å². The summed E-state index contributed by atoms with van der Waals surface area (Å²) < 4.78 is 16.2. The Labute approximate surface area is 171 Å². The third-order valence-corrected chi connectivity index (χ3v) is 4.49. The molecule has 2 rings (SSSR count). The number of aromatic nitrogens is 1. The molecule has 0 radical (unpaired) electrons. The molecule has 0 spiro atoms. The maximum atomic E-state index is 12.4. The van der Waals surface area contributed by atoms with Crippen molar-refractivity contribution in [1.29, 1.82) is 10.5 Å². The van der Waals surface area contributed by atoms with E-state index in [1.807, 2.05) is 6.07 Å². The van der Waals surface area contributed by atoms with E-state index in [-0.39, 0.29) is 6.42 Å². The van der Waals surface area contributed by atoms with Gasteiger partial charge in [-0.3, -0.25) is 0 Å². The van der Waals surface area contributed by atoms with E-state index in [0.29, 0.717) is 21.8 Å². The van der Waals surface area contributed by atoms with Crippen molar-refractivity contribution in [2.45, 2.75) is 38.8 Å². The second-order valence-corrected chi connectivity index (χ2v) is 7.96. The Hall–Kier alpha value is -3.37. The van der Waals surface area contributed by atoms with Crippen molar-refractivity contribution < 1.29 is 23.8 Å². The van der Waals surface area contributed by atoms with Crippen molar-refractivity contribution in [3.05, 3.63) is 22.7 Å². The van der Waals surface area contributed by atoms with Gasteiger partial charge in [-0.2, -0.15) is 10.5 Å². The maximum Gasteiger partial charge on any atom is 0.408 e. The molecule has 1 atom stereocenters. The first kappa shape index (κ1) is 21.9. The molecule has 0 bridgehead atoms.